The predicted octanol–water partition coefficient (Wildman–Crippen LogP) is 3.51. The van der Waals surface area contributed by atoms with E-state index in [1.807, 2.05) is 6.07 Å². The van der Waals surface area contributed by atoms with Crippen LogP contribution in [0.2, 0.25) is 5.02 Å². The zero-order chi connectivity index (χ0) is 27.4. The lowest BCUT2D eigenvalue weighted by atomic mass is 9.90. The summed E-state index contributed by atoms with van der Waals surface area (Å²) in [7, 11) is 0. The Morgan fingerprint density at radius 1 is 1.26 bits per heavy atom. The number of hydrogen-bond donors (Lipinski definition) is 3. The number of hydrogen-bond acceptors (Lipinski definition) is 4. The van der Waals surface area contributed by atoms with Crippen LogP contribution in [0, 0.1) is 40.7 Å². The number of likely N-dealkylation sites (tertiary alicyclic amines) is 1. The fraction of sp³-hybridized carbons (Fsp3) is 0.520. The third kappa shape index (κ3) is 4.68. The molecule has 13 heteroatoms. The van der Waals surface area contributed by atoms with E-state index in [0.717, 1.165) is 17.4 Å². The van der Waals surface area contributed by atoms with Crippen LogP contribution in [-0.2, 0) is 9.59 Å². The maximum absolute atomic E-state index is 14.3. The molecule has 3 fully saturated rings. The van der Waals surface area contributed by atoms with E-state index in [1.165, 1.54) is 0 Å². The number of nitrogens with one attached hydrogen (secondary N) is 3. The van der Waals surface area contributed by atoms with Gasteiger partial charge in [-0.3, -0.25) is 14.4 Å². The normalized spacial score (nSPS) is 27.1. The number of alkyl halides is 2. The maximum atomic E-state index is 14.3. The molecule has 1 aromatic carbocycles. The van der Waals surface area contributed by atoms with E-state index in [0.29, 0.717) is 19.0 Å². The second-order valence-electron chi connectivity index (χ2n) is 10.3. The summed E-state index contributed by atoms with van der Waals surface area (Å²) in [5, 5.41) is 14.3. The number of H-pyrrole nitrogens is 1. The van der Waals surface area contributed by atoms with E-state index in [1.54, 1.807) is 0 Å². The second-order valence-corrected chi connectivity index (χ2v) is 10.7. The van der Waals surface area contributed by atoms with E-state index in [9.17, 15) is 37.2 Å². The summed E-state index contributed by atoms with van der Waals surface area (Å²) in [5.41, 5.74) is -0.332. The van der Waals surface area contributed by atoms with Crippen molar-refractivity contribution in [1.29, 1.82) is 5.26 Å². The monoisotopic (exact) mass is 553 g/mol. The Morgan fingerprint density at radius 2 is 2.03 bits per heavy atom. The van der Waals surface area contributed by atoms with Crippen LogP contribution in [0.3, 0.4) is 0 Å². The number of halogens is 5. The first kappa shape index (κ1) is 26.3. The molecule has 1 aromatic heterocycles. The molecule has 1 aliphatic carbocycles. The van der Waals surface area contributed by atoms with Gasteiger partial charge in [-0.1, -0.05) is 11.6 Å². The second kappa shape index (κ2) is 9.76. The molecule has 5 atom stereocenters. The van der Waals surface area contributed by atoms with Gasteiger partial charge >= 0.3 is 0 Å². The Bertz CT molecular complexity index is 1360. The summed E-state index contributed by atoms with van der Waals surface area (Å²) >= 11 is 5.92. The molecule has 1 saturated carbocycles. The van der Waals surface area contributed by atoms with E-state index in [4.69, 9.17) is 11.6 Å². The van der Waals surface area contributed by atoms with Crippen LogP contribution in [-0.4, -0.2) is 58.7 Å². The highest BCUT2D eigenvalue weighted by molar-refractivity contribution is 6.35. The molecule has 0 radical (unpaired) electrons. The van der Waals surface area contributed by atoms with Gasteiger partial charge in [0, 0.05) is 43.3 Å². The highest BCUT2D eigenvalue weighted by Gasteiger charge is 2.58. The van der Waals surface area contributed by atoms with Gasteiger partial charge in [0.25, 0.3) is 5.91 Å². The van der Waals surface area contributed by atoms with Crippen LogP contribution in [0.25, 0.3) is 10.9 Å². The Labute approximate surface area is 219 Å². The minimum absolute atomic E-state index is 0.0460. The number of fused-ring (bicyclic) bond motifs is 2. The minimum Gasteiger partial charge on any atom is -0.356 e. The third-order valence-electron chi connectivity index (χ3n) is 7.78. The number of carbonyl (C=O) groups is 3. The van der Waals surface area contributed by atoms with Gasteiger partial charge in [0.1, 0.15) is 34.4 Å². The number of aromatic nitrogens is 1. The lowest BCUT2D eigenvalue weighted by Gasteiger charge is -2.29. The molecular formula is C25H24ClF4N5O3. The maximum Gasteiger partial charge on any atom is 0.271 e. The van der Waals surface area contributed by atoms with Crippen LogP contribution < -0.4 is 10.6 Å². The van der Waals surface area contributed by atoms with Gasteiger partial charge < -0.3 is 20.5 Å². The number of amides is 3. The average molecular weight is 554 g/mol. The summed E-state index contributed by atoms with van der Waals surface area (Å²) in [6, 6.07) is 1.28. The van der Waals surface area contributed by atoms with Crippen LogP contribution in [0.4, 0.5) is 17.6 Å². The molecule has 0 spiro atoms. The fourth-order valence-corrected chi connectivity index (χ4v) is 6.25. The minimum atomic E-state index is -3.01. The van der Waals surface area contributed by atoms with Crippen molar-refractivity contribution in [3.8, 4) is 6.07 Å². The molecule has 0 unspecified atom stereocenters. The van der Waals surface area contributed by atoms with Crippen LogP contribution in [0.1, 0.15) is 42.6 Å². The number of carbonyl (C=O) groups excluding carboxylic acids is 3. The van der Waals surface area contributed by atoms with Crippen molar-refractivity contribution in [2.24, 2.45) is 17.8 Å². The molecule has 38 heavy (non-hydrogen) atoms. The third-order valence-corrected chi connectivity index (χ3v) is 8.15. The van der Waals surface area contributed by atoms with Crippen molar-refractivity contribution in [2.75, 3.05) is 13.1 Å². The van der Waals surface area contributed by atoms with Gasteiger partial charge in [-0.2, -0.15) is 5.26 Å². The topological polar surface area (TPSA) is 118 Å². The van der Waals surface area contributed by atoms with Gasteiger partial charge in [0.15, 0.2) is 0 Å². The van der Waals surface area contributed by atoms with Gasteiger partial charge in [0.05, 0.1) is 11.6 Å². The average Bonchev–Trinajstić information content (AvgIpc) is 3.53. The van der Waals surface area contributed by atoms with Gasteiger partial charge in [-0.05, 0) is 37.2 Å². The molecular weight excluding hydrogens is 530 g/mol. The zero-order valence-corrected chi connectivity index (χ0v) is 20.8. The largest absolute Gasteiger partial charge is 0.356 e. The van der Waals surface area contributed by atoms with Crippen molar-refractivity contribution in [3.63, 3.8) is 0 Å². The zero-order valence-electron chi connectivity index (χ0n) is 20.0. The lowest BCUT2D eigenvalue weighted by Crippen LogP contribution is -2.52. The van der Waals surface area contributed by atoms with Crippen LogP contribution in [0.15, 0.2) is 12.1 Å². The molecule has 0 bridgehead atoms. The molecule has 2 aliphatic heterocycles. The molecule has 3 aliphatic rings. The van der Waals surface area contributed by atoms with Gasteiger partial charge in [-0.15, -0.1) is 0 Å². The predicted molar refractivity (Wildman–Crippen MR) is 127 cm³/mol. The molecule has 8 nitrogen and oxygen atoms in total. The van der Waals surface area contributed by atoms with E-state index in [-0.39, 0.29) is 35.5 Å². The van der Waals surface area contributed by atoms with E-state index >= 15 is 0 Å². The first-order valence-electron chi connectivity index (χ1n) is 12.3. The summed E-state index contributed by atoms with van der Waals surface area (Å²) < 4.78 is 56.8. The van der Waals surface area contributed by atoms with Crippen LogP contribution >= 0.6 is 11.6 Å². The van der Waals surface area contributed by atoms with Gasteiger partial charge in [-0.25, -0.2) is 17.6 Å². The SMILES string of the molecule is N#C[C@H](C[C@H]1CCCNC1=O)NC(=O)[C@H]1[C@H]2CC(F)(F)C[C@H]2CN1C(=O)c1cc2c(F)cc(F)c(Cl)c2[nH]1. The van der Waals surface area contributed by atoms with Crippen molar-refractivity contribution in [3.05, 3.63) is 34.5 Å². The number of aromatic amines is 1. The highest BCUT2D eigenvalue weighted by Crippen LogP contribution is 2.50. The lowest BCUT2D eigenvalue weighted by molar-refractivity contribution is -0.129. The fourth-order valence-electron chi connectivity index (χ4n) is 6.05. The number of nitrogens with zero attached hydrogens (tertiary/aromatic N) is 2. The summed E-state index contributed by atoms with van der Waals surface area (Å²) in [5.74, 6) is -8.77. The highest BCUT2D eigenvalue weighted by atomic mass is 35.5. The molecule has 3 N–H and O–H groups in total. The molecule has 5 rings (SSSR count). The summed E-state index contributed by atoms with van der Waals surface area (Å²) in [6.45, 7) is 0.379. The first-order valence-corrected chi connectivity index (χ1v) is 12.7. The molecule has 3 heterocycles. The molecule has 2 saturated heterocycles. The Hall–Kier alpha value is -3.33. The first-order chi connectivity index (χ1) is 18.0. The van der Waals surface area contributed by atoms with Crippen molar-refractivity contribution < 1.29 is 31.9 Å². The molecule has 3 amide bonds. The van der Waals surface area contributed by atoms with Crippen molar-refractivity contribution >= 4 is 40.2 Å². The quantitative estimate of drug-likeness (QED) is 0.388. The Kier molecular flexibility index (Phi) is 6.75. The Morgan fingerprint density at radius 3 is 2.74 bits per heavy atom. The van der Waals surface area contributed by atoms with Crippen LogP contribution in [0.5, 0.6) is 0 Å². The van der Waals surface area contributed by atoms with Crippen molar-refractivity contribution in [2.45, 2.75) is 50.1 Å². The number of nitriles is 1. The van der Waals surface area contributed by atoms with Crippen molar-refractivity contribution in [1.82, 2.24) is 20.5 Å². The Balaban J connectivity index is 1.41. The molecule has 2 aromatic rings. The van der Waals surface area contributed by atoms with E-state index < -0.39 is 77.1 Å². The van der Waals surface area contributed by atoms with E-state index in [2.05, 4.69) is 15.6 Å². The number of benzene rings is 1. The smallest absolute Gasteiger partial charge is 0.271 e. The standard InChI is InChI=1S/C25H24ClF4N5O3/c26-19-17(28)6-16(27)14-5-18(34-20(14)19)24(38)35-10-12-7-25(29,30)8-15(12)21(35)23(37)33-13(9-31)4-11-2-1-3-32-22(11)36/h5-6,11-13,15,21,34H,1-4,7-8,10H2,(H,32,36)(H,33,37)/t11-,12+,13+,15+,21-/m1/s1. The number of piperidine rings is 1. The summed E-state index contributed by atoms with van der Waals surface area (Å²) in [6.07, 6.45) is 0.203. The molecule has 202 valence electrons. The number of rotatable bonds is 5. The van der Waals surface area contributed by atoms with Gasteiger partial charge in [0.2, 0.25) is 17.7 Å². The summed E-state index contributed by atoms with van der Waals surface area (Å²) in [4.78, 5) is 42.8.